The van der Waals surface area contributed by atoms with E-state index in [4.69, 9.17) is 24.7 Å². The lowest BCUT2D eigenvalue weighted by atomic mass is 10.2. The van der Waals surface area contributed by atoms with Crippen LogP contribution in [0.5, 0.6) is 28.7 Å². The molecule has 0 atom stereocenters. The van der Waals surface area contributed by atoms with Crippen LogP contribution in [0.25, 0.3) is 0 Å². The molecule has 0 aliphatic carbocycles. The van der Waals surface area contributed by atoms with Gasteiger partial charge in [0.25, 0.3) is 0 Å². The van der Waals surface area contributed by atoms with Crippen LogP contribution in [0.3, 0.4) is 0 Å². The van der Waals surface area contributed by atoms with E-state index in [-0.39, 0.29) is 5.95 Å². The van der Waals surface area contributed by atoms with Gasteiger partial charge in [0, 0.05) is 24.2 Å². The number of nitrogens with two attached hydrogens (primary N) is 1. The van der Waals surface area contributed by atoms with Crippen LogP contribution in [0.15, 0.2) is 36.4 Å². The number of nitrogen functional groups attached to an aromatic ring is 1. The van der Waals surface area contributed by atoms with E-state index >= 15 is 0 Å². The molecule has 0 aliphatic heterocycles. The van der Waals surface area contributed by atoms with E-state index in [1.54, 1.807) is 33.5 Å². The first-order valence-corrected chi connectivity index (χ1v) is 8.12. The summed E-state index contributed by atoms with van der Waals surface area (Å²) in [5, 5.41) is 9.60. The standard InChI is InChI=1S/C18H21N5O4/c1-24-14-8-12(9-15(25-2)16(14)26-3)27-13-7-5-4-6-11(13)10-20-18-21-17(19)22-23-18/h4-9H,10H2,1-3H3,(H4,19,20,21,22,23). The van der Waals surface area contributed by atoms with E-state index in [0.29, 0.717) is 41.2 Å². The second-order valence-corrected chi connectivity index (χ2v) is 5.47. The second-order valence-electron chi connectivity index (χ2n) is 5.47. The first-order chi connectivity index (χ1) is 13.1. The molecule has 2 aromatic carbocycles. The number of H-pyrrole nitrogens is 1. The summed E-state index contributed by atoms with van der Waals surface area (Å²) in [5.74, 6) is 3.42. The Hall–Kier alpha value is -3.62. The van der Waals surface area contributed by atoms with Crippen LogP contribution >= 0.6 is 0 Å². The van der Waals surface area contributed by atoms with Crippen molar-refractivity contribution >= 4 is 11.9 Å². The lowest BCUT2D eigenvalue weighted by Crippen LogP contribution is -2.03. The van der Waals surface area contributed by atoms with Crippen molar-refractivity contribution < 1.29 is 18.9 Å². The SMILES string of the molecule is COc1cc(Oc2ccccc2CNc2nc(N)n[nH]2)cc(OC)c1OC. The largest absolute Gasteiger partial charge is 0.493 e. The van der Waals surface area contributed by atoms with Crippen LogP contribution < -0.4 is 30.0 Å². The molecule has 0 fully saturated rings. The highest BCUT2D eigenvalue weighted by Gasteiger charge is 2.15. The average Bonchev–Trinajstić information content (AvgIpc) is 3.11. The second kappa shape index (κ2) is 8.17. The van der Waals surface area contributed by atoms with Gasteiger partial charge in [0.05, 0.1) is 21.3 Å². The van der Waals surface area contributed by atoms with E-state index in [9.17, 15) is 0 Å². The van der Waals surface area contributed by atoms with Crippen molar-refractivity contribution in [3.8, 4) is 28.7 Å². The monoisotopic (exact) mass is 371 g/mol. The number of hydrogen-bond acceptors (Lipinski definition) is 8. The van der Waals surface area contributed by atoms with Crippen molar-refractivity contribution in [3.63, 3.8) is 0 Å². The minimum absolute atomic E-state index is 0.180. The van der Waals surface area contributed by atoms with Crippen LogP contribution in [0.2, 0.25) is 0 Å². The molecule has 0 saturated heterocycles. The van der Waals surface area contributed by atoms with E-state index in [1.165, 1.54) is 0 Å². The van der Waals surface area contributed by atoms with Crippen molar-refractivity contribution in [2.45, 2.75) is 6.54 Å². The van der Waals surface area contributed by atoms with E-state index in [2.05, 4.69) is 20.5 Å². The van der Waals surface area contributed by atoms with Gasteiger partial charge in [-0.25, -0.2) is 5.10 Å². The lowest BCUT2D eigenvalue weighted by molar-refractivity contribution is 0.321. The fourth-order valence-corrected chi connectivity index (χ4v) is 2.53. The highest BCUT2D eigenvalue weighted by atomic mass is 16.5. The molecule has 27 heavy (non-hydrogen) atoms. The molecule has 1 heterocycles. The zero-order valence-electron chi connectivity index (χ0n) is 15.3. The molecule has 9 heteroatoms. The van der Waals surface area contributed by atoms with Crippen molar-refractivity contribution in [3.05, 3.63) is 42.0 Å². The molecule has 0 bridgehead atoms. The van der Waals surface area contributed by atoms with Gasteiger partial charge in [0.2, 0.25) is 17.6 Å². The zero-order valence-corrected chi connectivity index (χ0v) is 15.3. The van der Waals surface area contributed by atoms with Crippen LogP contribution in [0, 0.1) is 0 Å². The maximum absolute atomic E-state index is 6.06. The number of hydrogen-bond donors (Lipinski definition) is 3. The molecule has 0 aliphatic rings. The molecule has 1 aromatic heterocycles. The Balaban J connectivity index is 1.83. The normalized spacial score (nSPS) is 10.3. The lowest BCUT2D eigenvalue weighted by Gasteiger charge is -2.16. The summed E-state index contributed by atoms with van der Waals surface area (Å²) in [6.07, 6.45) is 0. The summed E-state index contributed by atoms with van der Waals surface area (Å²) in [6, 6.07) is 11.1. The minimum atomic E-state index is 0.180. The molecule has 4 N–H and O–H groups in total. The first-order valence-electron chi connectivity index (χ1n) is 8.12. The smallest absolute Gasteiger partial charge is 0.241 e. The third-order valence-corrected chi connectivity index (χ3v) is 3.79. The summed E-state index contributed by atoms with van der Waals surface area (Å²) >= 11 is 0. The van der Waals surface area contributed by atoms with E-state index in [0.717, 1.165) is 5.56 Å². The Morgan fingerprint density at radius 3 is 2.30 bits per heavy atom. The van der Waals surface area contributed by atoms with Crippen LogP contribution in [-0.2, 0) is 6.54 Å². The summed E-state index contributed by atoms with van der Waals surface area (Å²) < 4.78 is 22.1. The van der Waals surface area contributed by atoms with E-state index < -0.39 is 0 Å². The Morgan fingerprint density at radius 2 is 1.70 bits per heavy atom. The number of para-hydroxylation sites is 1. The highest BCUT2D eigenvalue weighted by Crippen LogP contribution is 2.42. The number of nitrogens with one attached hydrogen (secondary N) is 2. The van der Waals surface area contributed by atoms with Gasteiger partial charge in [0.1, 0.15) is 11.5 Å². The molecule has 3 rings (SSSR count). The third kappa shape index (κ3) is 4.14. The van der Waals surface area contributed by atoms with Gasteiger partial charge in [-0.1, -0.05) is 18.2 Å². The number of anilines is 2. The Bertz CT molecular complexity index is 887. The van der Waals surface area contributed by atoms with Gasteiger partial charge in [-0.2, -0.15) is 4.98 Å². The van der Waals surface area contributed by atoms with Crippen molar-refractivity contribution in [1.29, 1.82) is 0 Å². The van der Waals surface area contributed by atoms with E-state index in [1.807, 2.05) is 24.3 Å². The average molecular weight is 371 g/mol. The number of benzene rings is 2. The van der Waals surface area contributed by atoms with Gasteiger partial charge in [-0.05, 0) is 6.07 Å². The van der Waals surface area contributed by atoms with Crippen molar-refractivity contribution in [2.24, 2.45) is 0 Å². The number of methoxy groups -OCH3 is 3. The number of ether oxygens (including phenoxy) is 4. The van der Waals surface area contributed by atoms with Crippen molar-refractivity contribution in [2.75, 3.05) is 32.4 Å². The maximum Gasteiger partial charge on any atom is 0.241 e. The maximum atomic E-state index is 6.06. The molecule has 0 amide bonds. The number of aromatic amines is 1. The number of aromatic nitrogens is 3. The van der Waals surface area contributed by atoms with Crippen LogP contribution in [-0.4, -0.2) is 36.5 Å². The van der Waals surface area contributed by atoms with Gasteiger partial charge >= 0.3 is 0 Å². The number of nitrogens with zero attached hydrogens (tertiary/aromatic N) is 2. The molecular weight excluding hydrogens is 350 g/mol. The van der Waals surface area contributed by atoms with Gasteiger partial charge in [0.15, 0.2) is 11.5 Å². The molecule has 9 nitrogen and oxygen atoms in total. The Kier molecular flexibility index (Phi) is 5.50. The molecule has 3 aromatic rings. The topological polar surface area (TPSA) is 117 Å². The fourth-order valence-electron chi connectivity index (χ4n) is 2.53. The molecule has 0 saturated carbocycles. The fraction of sp³-hybridized carbons (Fsp3) is 0.222. The Labute approximate surface area is 156 Å². The molecule has 142 valence electrons. The molecule has 0 spiro atoms. The summed E-state index contributed by atoms with van der Waals surface area (Å²) in [7, 11) is 4.67. The molecule has 0 unspecified atom stereocenters. The summed E-state index contributed by atoms with van der Waals surface area (Å²) in [6.45, 7) is 0.467. The third-order valence-electron chi connectivity index (χ3n) is 3.79. The van der Waals surface area contributed by atoms with Crippen LogP contribution in [0.4, 0.5) is 11.9 Å². The number of rotatable bonds is 8. The summed E-state index contributed by atoms with van der Waals surface area (Å²) in [5.41, 5.74) is 6.42. The summed E-state index contributed by atoms with van der Waals surface area (Å²) in [4.78, 5) is 4.02. The van der Waals surface area contributed by atoms with Gasteiger partial charge < -0.3 is 30.0 Å². The van der Waals surface area contributed by atoms with Gasteiger partial charge in [-0.15, -0.1) is 5.10 Å². The molecule has 0 radical (unpaired) electrons. The van der Waals surface area contributed by atoms with Gasteiger partial charge in [-0.3, -0.25) is 0 Å². The quantitative estimate of drug-likeness (QED) is 0.553. The minimum Gasteiger partial charge on any atom is -0.493 e. The zero-order chi connectivity index (χ0) is 19.2. The highest BCUT2D eigenvalue weighted by molar-refractivity contribution is 5.56. The van der Waals surface area contributed by atoms with Crippen molar-refractivity contribution in [1.82, 2.24) is 15.2 Å². The molecular formula is C18H21N5O4. The van der Waals surface area contributed by atoms with Crippen LogP contribution in [0.1, 0.15) is 5.56 Å². The predicted molar refractivity (Wildman–Crippen MR) is 101 cm³/mol. The predicted octanol–water partition coefficient (Wildman–Crippen LogP) is 2.82. The first kappa shape index (κ1) is 18.2. The Morgan fingerprint density at radius 1 is 1.00 bits per heavy atom.